The van der Waals surface area contributed by atoms with Crippen molar-refractivity contribution in [1.82, 2.24) is 0 Å². The third-order valence-corrected chi connectivity index (χ3v) is 3.59. The number of hydrogen-bond acceptors (Lipinski definition) is 6. The molecule has 3 rings (SSSR count). The molecule has 2 aromatic rings. The summed E-state index contributed by atoms with van der Waals surface area (Å²) in [7, 11) is 0. The molecular formula is C18H14N2O5. The number of benzene rings is 2. The molecule has 0 N–H and O–H groups in total. The molecule has 0 aromatic heterocycles. The SMILES string of the molecule is CCOc1cc2c(cc1/C=C(/C#N)c1cccc([N+](=O)[O-])c1)OCO2. The first-order valence-corrected chi connectivity index (χ1v) is 7.55. The lowest BCUT2D eigenvalue weighted by molar-refractivity contribution is -0.384. The lowest BCUT2D eigenvalue weighted by atomic mass is 10.0. The zero-order valence-electron chi connectivity index (χ0n) is 13.4. The predicted molar refractivity (Wildman–Crippen MR) is 90.3 cm³/mol. The fourth-order valence-corrected chi connectivity index (χ4v) is 2.46. The molecule has 0 fully saturated rings. The molecule has 0 atom stereocenters. The second kappa shape index (κ2) is 6.93. The quantitative estimate of drug-likeness (QED) is 0.356. The Kier molecular flexibility index (Phi) is 4.53. The summed E-state index contributed by atoms with van der Waals surface area (Å²) in [5.41, 5.74) is 1.30. The summed E-state index contributed by atoms with van der Waals surface area (Å²) < 4.78 is 16.3. The summed E-state index contributed by atoms with van der Waals surface area (Å²) in [5.74, 6) is 1.69. The van der Waals surface area contributed by atoms with E-state index in [4.69, 9.17) is 14.2 Å². The maximum absolute atomic E-state index is 10.9. The summed E-state index contributed by atoms with van der Waals surface area (Å²) in [6.45, 7) is 2.42. The van der Waals surface area contributed by atoms with Crippen molar-refractivity contribution in [3.8, 4) is 23.3 Å². The van der Waals surface area contributed by atoms with Crippen molar-refractivity contribution in [2.45, 2.75) is 6.92 Å². The number of nitro benzene ring substituents is 1. The van der Waals surface area contributed by atoms with Crippen molar-refractivity contribution in [2.24, 2.45) is 0 Å². The number of hydrogen-bond donors (Lipinski definition) is 0. The summed E-state index contributed by atoms with van der Waals surface area (Å²) in [6, 6.07) is 11.4. The fourth-order valence-electron chi connectivity index (χ4n) is 2.46. The van der Waals surface area contributed by atoms with E-state index in [2.05, 4.69) is 6.07 Å². The highest BCUT2D eigenvalue weighted by molar-refractivity contribution is 5.91. The first-order chi connectivity index (χ1) is 12.1. The van der Waals surface area contributed by atoms with Crippen LogP contribution in [0.1, 0.15) is 18.1 Å². The molecule has 7 nitrogen and oxygen atoms in total. The van der Waals surface area contributed by atoms with Gasteiger partial charge in [0, 0.05) is 23.8 Å². The molecule has 2 aromatic carbocycles. The number of non-ortho nitro benzene ring substituents is 1. The molecule has 0 saturated carbocycles. The molecule has 7 heteroatoms. The number of fused-ring (bicyclic) bond motifs is 1. The van der Waals surface area contributed by atoms with Crippen LogP contribution >= 0.6 is 0 Å². The van der Waals surface area contributed by atoms with Gasteiger partial charge < -0.3 is 14.2 Å². The van der Waals surface area contributed by atoms with E-state index in [9.17, 15) is 15.4 Å². The van der Waals surface area contributed by atoms with E-state index in [1.165, 1.54) is 12.1 Å². The van der Waals surface area contributed by atoms with Gasteiger partial charge in [-0.1, -0.05) is 12.1 Å². The van der Waals surface area contributed by atoms with E-state index in [1.807, 2.05) is 6.92 Å². The number of ether oxygens (including phenoxy) is 3. The first-order valence-electron chi connectivity index (χ1n) is 7.55. The lowest BCUT2D eigenvalue weighted by Crippen LogP contribution is -1.95. The average molecular weight is 338 g/mol. The second-order valence-electron chi connectivity index (χ2n) is 5.15. The minimum atomic E-state index is -0.495. The minimum absolute atomic E-state index is 0.0747. The highest BCUT2D eigenvalue weighted by atomic mass is 16.7. The minimum Gasteiger partial charge on any atom is -0.493 e. The fraction of sp³-hybridized carbons (Fsp3) is 0.167. The molecule has 0 amide bonds. The van der Waals surface area contributed by atoms with Crippen molar-refractivity contribution in [3.05, 3.63) is 57.6 Å². The number of allylic oxidation sites excluding steroid dienone is 1. The Hall–Kier alpha value is -3.53. The van der Waals surface area contributed by atoms with Crippen LogP contribution in [0, 0.1) is 21.4 Å². The number of rotatable bonds is 5. The van der Waals surface area contributed by atoms with Crippen LogP contribution in [-0.2, 0) is 0 Å². The van der Waals surface area contributed by atoms with Gasteiger partial charge in [0.05, 0.1) is 23.2 Å². The van der Waals surface area contributed by atoms with Gasteiger partial charge in [0.1, 0.15) is 5.75 Å². The Morgan fingerprint density at radius 2 is 2.12 bits per heavy atom. The van der Waals surface area contributed by atoms with E-state index in [1.54, 1.807) is 30.3 Å². The van der Waals surface area contributed by atoms with E-state index in [0.29, 0.717) is 35.0 Å². The molecule has 0 unspecified atom stereocenters. The van der Waals surface area contributed by atoms with Gasteiger partial charge >= 0.3 is 0 Å². The standard InChI is InChI=1S/C18H14N2O5/c1-2-23-16-9-18-17(24-11-25-18)8-13(16)6-14(10-19)12-4-3-5-15(7-12)20(21)22/h3-9H,2,11H2,1H3/b14-6-. The Morgan fingerprint density at radius 1 is 1.36 bits per heavy atom. The molecule has 25 heavy (non-hydrogen) atoms. The van der Waals surface area contributed by atoms with Crippen LogP contribution in [0.15, 0.2) is 36.4 Å². The van der Waals surface area contributed by atoms with E-state index in [-0.39, 0.29) is 18.1 Å². The Bertz CT molecular complexity index is 899. The normalized spacial score (nSPS) is 12.6. The predicted octanol–water partition coefficient (Wildman–Crippen LogP) is 3.79. The van der Waals surface area contributed by atoms with Crippen molar-refractivity contribution >= 4 is 17.3 Å². The van der Waals surface area contributed by atoms with Gasteiger partial charge in [-0.15, -0.1) is 0 Å². The van der Waals surface area contributed by atoms with Crippen LogP contribution in [0.25, 0.3) is 11.6 Å². The third-order valence-electron chi connectivity index (χ3n) is 3.59. The maximum atomic E-state index is 10.9. The van der Waals surface area contributed by atoms with Gasteiger partial charge in [-0.3, -0.25) is 10.1 Å². The van der Waals surface area contributed by atoms with Gasteiger partial charge in [0.15, 0.2) is 11.5 Å². The smallest absolute Gasteiger partial charge is 0.270 e. The monoisotopic (exact) mass is 338 g/mol. The van der Waals surface area contributed by atoms with Crippen LogP contribution in [0.3, 0.4) is 0 Å². The molecule has 0 spiro atoms. The largest absolute Gasteiger partial charge is 0.493 e. The van der Waals surface area contributed by atoms with E-state index >= 15 is 0 Å². The number of nitriles is 1. The van der Waals surface area contributed by atoms with Gasteiger partial charge in [0.25, 0.3) is 5.69 Å². The summed E-state index contributed by atoms with van der Waals surface area (Å²) in [5, 5.41) is 20.4. The molecule has 0 saturated heterocycles. The number of nitro groups is 1. The van der Waals surface area contributed by atoms with Gasteiger partial charge in [0.2, 0.25) is 6.79 Å². The van der Waals surface area contributed by atoms with Crippen molar-refractivity contribution < 1.29 is 19.1 Å². The lowest BCUT2D eigenvalue weighted by Gasteiger charge is -2.09. The number of nitrogens with zero attached hydrogens (tertiary/aromatic N) is 2. The average Bonchev–Trinajstić information content (AvgIpc) is 3.07. The van der Waals surface area contributed by atoms with Crippen LogP contribution in [0.4, 0.5) is 5.69 Å². The van der Waals surface area contributed by atoms with Crippen molar-refractivity contribution in [1.29, 1.82) is 5.26 Å². The molecule has 1 aliphatic heterocycles. The van der Waals surface area contributed by atoms with Crippen molar-refractivity contribution in [2.75, 3.05) is 13.4 Å². The molecule has 1 aliphatic rings. The van der Waals surface area contributed by atoms with Gasteiger partial charge in [-0.25, -0.2) is 0 Å². The topological polar surface area (TPSA) is 94.6 Å². The molecule has 0 radical (unpaired) electrons. The molecular weight excluding hydrogens is 324 g/mol. The van der Waals surface area contributed by atoms with Crippen LogP contribution in [0.2, 0.25) is 0 Å². The summed E-state index contributed by atoms with van der Waals surface area (Å²) in [4.78, 5) is 10.4. The third kappa shape index (κ3) is 3.38. The molecule has 0 bridgehead atoms. The van der Waals surface area contributed by atoms with E-state index in [0.717, 1.165) is 0 Å². The van der Waals surface area contributed by atoms with Crippen LogP contribution in [-0.4, -0.2) is 18.3 Å². The van der Waals surface area contributed by atoms with Crippen LogP contribution < -0.4 is 14.2 Å². The molecule has 1 heterocycles. The Morgan fingerprint density at radius 3 is 2.80 bits per heavy atom. The first kappa shape index (κ1) is 16.3. The highest BCUT2D eigenvalue weighted by Gasteiger charge is 2.18. The summed E-state index contributed by atoms with van der Waals surface area (Å²) >= 11 is 0. The van der Waals surface area contributed by atoms with Crippen molar-refractivity contribution in [3.63, 3.8) is 0 Å². The zero-order valence-corrected chi connectivity index (χ0v) is 13.4. The molecule has 0 aliphatic carbocycles. The second-order valence-corrected chi connectivity index (χ2v) is 5.15. The van der Waals surface area contributed by atoms with E-state index < -0.39 is 4.92 Å². The Labute approximate surface area is 143 Å². The van der Waals surface area contributed by atoms with Gasteiger partial charge in [-0.2, -0.15) is 5.26 Å². The highest BCUT2D eigenvalue weighted by Crippen LogP contribution is 2.39. The van der Waals surface area contributed by atoms with Gasteiger partial charge in [-0.05, 0) is 24.6 Å². The van der Waals surface area contributed by atoms with Crippen LogP contribution in [0.5, 0.6) is 17.2 Å². The molecule has 126 valence electrons. The maximum Gasteiger partial charge on any atom is 0.270 e. The summed E-state index contributed by atoms with van der Waals surface area (Å²) in [6.07, 6.45) is 1.62. The zero-order chi connectivity index (χ0) is 17.8. The Balaban J connectivity index is 2.07.